The molecule has 2 aromatic carbocycles. The van der Waals surface area contributed by atoms with E-state index >= 15 is 0 Å². The van der Waals surface area contributed by atoms with Crippen LogP contribution in [0.1, 0.15) is 43.8 Å². The van der Waals surface area contributed by atoms with Crippen LogP contribution >= 0.6 is 0 Å². The molecule has 144 valence electrons. The first-order valence-corrected chi connectivity index (χ1v) is 8.97. The van der Waals surface area contributed by atoms with Gasteiger partial charge >= 0.3 is 5.97 Å². The third-order valence-electron chi connectivity index (χ3n) is 4.38. The maximum absolute atomic E-state index is 12.3. The Hall–Kier alpha value is -4.00. The van der Waals surface area contributed by atoms with Crippen molar-refractivity contribution in [3.05, 3.63) is 83.1 Å². The fourth-order valence-electron chi connectivity index (χ4n) is 2.96. The second kappa shape index (κ2) is 7.55. The highest BCUT2D eigenvalue weighted by atomic mass is 16.5. The van der Waals surface area contributed by atoms with Gasteiger partial charge in [0.2, 0.25) is 0 Å². The summed E-state index contributed by atoms with van der Waals surface area (Å²) in [6.07, 6.45) is 1.32. The lowest BCUT2D eigenvalue weighted by Crippen LogP contribution is -2.23. The molecule has 0 radical (unpaired) electrons. The van der Waals surface area contributed by atoms with E-state index in [2.05, 4.69) is 5.10 Å². The van der Waals surface area contributed by atoms with Gasteiger partial charge in [-0.1, -0.05) is 24.3 Å². The fourth-order valence-corrected chi connectivity index (χ4v) is 2.96. The Kier molecular flexibility index (Phi) is 4.78. The van der Waals surface area contributed by atoms with Crippen LogP contribution < -0.4 is 0 Å². The molecule has 2 amide bonds. The molecule has 0 aliphatic carbocycles. The zero-order chi connectivity index (χ0) is 20.4. The van der Waals surface area contributed by atoms with E-state index in [0.29, 0.717) is 34.8 Å². The highest BCUT2D eigenvalue weighted by Gasteiger charge is 2.35. The quantitative estimate of drug-likeness (QED) is 0.377. The molecule has 0 spiro atoms. The Morgan fingerprint density at radius 3 is 2.28 bits per heavy atom. The lowest BCUT2D eigenvalue weighted by Gasteiger charge is -2.04. The summed E-state index contributed by atoms with van der Waals surface area (Å²) in [6.45, 7) is 2.06. The molecule has 3 aromatic rings. The third-order valence-corrected chi connectivity index (χ3v) is 4.38. The second-order valence-corrected chi connectivity index (χ2v) is 6.21. The number of ether oxygens (including phenoxy) is 1. The number of fused-ring (bicyclic) bond motifs is 1. The van der Waals surface area contributed by atoms with Crippen molar-refractivity contribution in [2.45, 2.75) is 6.92 Å². The minimum absolute atomic E-state index is 0.314. The lowest BCUT2D eigenvalue weighted by molar-refractivity contribution is 0.0525. The van der Waals surface area contributed by atoms with Gasteiger partial charge in [-0.05, 0) is 43.3 Å². The molecule has 0 N–H and O–H groups in total. The van der Waals surface area contributed by atoms with Crippen molar-refractivity contribution < 1.29 is 23.5 Å². The highest BCUT2D eigenvalue weighted by Crippen LogP contribution is 2.24. The Labute approximate surface area is 166 Å². The van der Waals surface area contributed by atoms with Crippen molar-refractivity contribution >= 4 is 24.0 Å². The highest BCUT2D eigenvalue weighted by molar-refractivity contribution is 6.21. The first-order chi connectivity index (χ1) is 14.1. The van der Waals surface area contributed by atoms with E-state index in [1.807, 2.05) is 0 Å². The summed E-state index contributed by atoms with van der Waals surface area (Å²) in [4.78, 5) is 36.3. The van der Waals surface area contributed by atoms with Crippen LogP contribution in [0.4, 0.5) is 0 Å². The number of carbonyl (C=O) groups is 3. The molecular formula is C22H16N2O5. The Morgan fingerprint density at radius 1 is 1.00 bits per heavy atom. The SMILES string of the molecule is CCOC(=O)c1ccc(-c2ccc(/C=N\N3C(=O)c4ccccc4C3=O)o2)cc1. The van der Waals surface area contributed by atoms with Crippen LogP contribution in [0.5, 0.6) is 0 Å². The van der Waals surface area contributed by atoms with Crippen molar-refractivity contribution in [3.63, 3.8) is 0 Å². The van der Waals surface area contributed by atoms with Gasteiger partial charge in [0.25, 0.3) is 11.8 Å². The minimum atomic E-state index is -0.469. The number of nitrogens with zero attached hydrogens (tertiary/aromatic N) is 2. The summed E-state index contributed by atoms with van der Waals surface area (Å²) in [5.41, 5.74) is 1.88. The van der Waals surface area contributed by atoms with Gasteiger partial charge in [-0.2, -0.15) is 10.1 Å². The summed E-state index contributed by atoms with van der Waals surface area (Å²) < 4.78 is 10.7. The van der Waals surface area contributed by atoms with Crippen LogP contribution in [0.25, 0.3) is 11.3 Å². The van der Waals surface area contributed by atoms with Crippen molar-refractivity contribution in [2.24, 2.45) is 5.10 Å². The van der Waals surface area contributed by atoms with Gasteiger partial charge in [0.15, 0.2) is 0 Å². The lowest BCUT2D eigenvalue weighted by atomic mass is 10.1. The normalized spacial score (nSPS) is 13.2. The second-order valence-electron chi connectivity index (χ2n) is 6.21. The Morgan fingerprint density at radius 2 is 1.66 bits per heavy atom. The predicted molar refractivity (Wildman–Crippen MR) is 105 cm³/mol. The molecule has 0 atom stereocenters. The number of benzene rings is 2. The molecule has 1 aliphatic heterocycles. The maximum atomic E-state index is 12.3. The van der Waals surface area contributed by atoms with Gasteiger partial charge in [-0.3, -0.25) is 9.59 Å². The molecular weight excluding hydrogens is 372 g/mol. The molecule has 1 aliphatic rings. The van der Waals surface area contributed by atoms with Crippen LogP contribution in [0.2, 0.25) is 0 Å². The van der Waals surface area contributed by atoms with Crippen LogP contribution in [0.15, 0.2) is 70.2 Å². The fraction of sp³-hybridized carbons (Fsp3) is 0.0909. The van der Waals surface area contributed by atoms with Crippen LogP contribution in [0, 0.1) is 0 Å². The van der Waals surface area contributed by atoms with Gasteiger partial charge in [-0.25, -0.2) is 4.79 Å². The van der Waals surface area contributed by atoms with E-state index in [-0.39, 0.29) is 5.97 Å². The van der Waals surface area contributed by atoms with Crippen LogP contribution in [-0.4, -0.2) is 35.6 Å². The third kappa shape index (κ3) is 3.45. The molecule has 2 heterocycles. The van der Waals surface area contributed by atoms with Crippen molar-refractivity contribution in [2.75, 3.05) is 6.61 Å². The van der Waals surface area contributed by atoms with Gasteiger partial charge in [0, 0.05) is 5.56 Å². The number of furan rings is 1. The van der Waals surface area contributed by atoms with Gasteiger partial charge in [0.1, 0.15) is 11.5 Å². The molecule has 29 heavy (non-hydrogen) atoms. The number of amides is 2. The largest absolute Gasteiger partial charge is 0.462 e. The van der Waals surface area contributed by atoms with E-state index in [1.165, 1.54) is 6.21 Å². The number of hydrogen-bond donors (Lipinski definition) is 0. The first kappa shape index (κ1) is 18.4. The van der Waals surface area contributed by atoms with Gasteiger partial charge in [-0.15, -0.1) is 0 Å². The summed E-state index contributed by atoms with van der Waals surface area (Å²) >= 11 is 0. The molecule has 0 saturated carbocycles. The monoisotopic (exact) mass is 388 g/mol. The zero-order valence-corrected chi connectivity index (χ0v) is 15.5. The Bertz CT molecular complexity index is 1090. The van der Waals surface area contributed by atoms with E-state index in [4.69, 9.17) is 9.15 Å². The van der Waals surface area contributed by atoms with Crippen molar-refractivity contribution in [3.8, 4) is 11.3 Å². The Balaban J connectivity index is 1.50. The summed E-state index contributed by atoms with van der Waals surface area (Å²) in [5, 5.41) is 4.81. The summed E-state index contributed by atoms with van der Waals surface area (Å²) in [7, 11) is 0. The topological polar surface area (TPSA) is 89.2 Å². The van der Waals surface area contributed by atoms with E-state index in [9.17, 15) is 14.4 Å². The summed E-state index contributed by atoms with van der Waals surface area (Å²) in [6, 6.07) is 16.8. The minimum Gasteiger partial charge on any atom is -0.462 e. The first-order valence-electron chi connectivity index (χ1n) is 8.97. The number of carbonyl (C=O) groups excluding carboxylic acids is 3. The molecule has 7 nitrogen and oxygen atoms in total. The van der Waals surface area contributed by atoms with Gasteiger partial charge < -0.3 is 9.15 Å². The van der Waals surface area contributed by atoms with Crippen LogP contribution in [0.3, 0.4) is 0 Å². The molecule has 7 heteroatoms. The predicted octanol–water partition coefficient (Wildman–Crippen LogP) is 3.75. The molecule has 0 unspecified atom stereocenters. The average Bonchev–Trinajstić information content (AvgIpc) is 3.31. The number of imide groups is 1. The molecule has 0 fully saturated rings. The van der Waals surface area contributed by atoms with Crippen LogP contribution in [-0.2, 0) is 4.74 Å². The number of esters is 1. The number of hydrazone groups is 1. The molecule has 4 rings (SSSR count). The van der Waals surface area contributed by atoms with E-state index in [0.717, 1.165) is 10.6 Å². The molecule has 0 saturated heterocycles. The zero-order valence-electron chi connectivity index (χ0n) is 15.5. The van der Waals surface area contributed by atoms with Crippen molar-refractivity contribution in [1.29, 1.82) is 0 Å². The van der Waals surface area contributed by atoms with Crippen molar-refractivity contribution in [1.82, 2.24) is 5.01 Å². The average molecular weight is 388 g/mol. The standard InChI is InChI=1S/C22H16N2O5/c1-2-28-22(27)15-9-7-14(8-10-15)19-12-11-16(29-19)13-23-24-20(25)17-5-3-4-6-18(17)21(24)26/h3-13H,2H2,1H3/b23-13-. The summed E-state index contributed by atoms with van der Waals surface area (Å²) in [5.74, 6) is -0.381. The number of hydrogen-bond acceptors (Lipinski definition) is 6. The number of rotatable bonds is 5. The maximum Gasteiger partial charge on any atom is 0.338 e. The van der Waals surface area contributed by atoms with E-state index in [1.54, 1.807) is 67.6 Å². The smallest absolute Gasteiger partial charge is 0.338 e. The molecule has 1 aromatic heterocycles. The molecule has 0 bridgehead atoms. The van der Waals surface area contributed by atoms with E-state index < -0.39 is 11.8 Å². The van der Waals surface area contributed by atoms with Gasteiger partial charge in [0.05, 0.1) is 29.5 Å².